The first-order valence-electron chi connectivity index (χ1n) is 7.20. The minimum atomic E-state index is 0.175. The molecule has 1 amide bonds. The monoisotopic (exact) mass is 261 g/mol. The lowest BCUT2D eigenvalue weighted by atomic mass is 9.99. The Hall–Kier alpha value is -1.35. The number of rotatable bonds is 5. The zero-order chi connectivity index (χ0) is 13.7. The second kappa shape index (κ2) is 6.71. The van der Waals surface area contributed by atoms with Gasteiger partial charge in [0.05, 0.1) is 6.04 Å². The van der Waals surface area contributed by atoms with Crippen LogP contribution in [0.2, 0.25) is 0 Å². The first kappa shape index (κ1) is 14.1. The summed E-state index contributed by atoms with van der Waals surface area (Å²) < 4.78 is 0. The van der Waals surface area contributed by atoms with Crippen molar-refractivity contribution in [1.29, 1.82) is 0 Å². The van der Waals surface area contributed by atoms with Gasteiger partial charge in [0.15, 0.2) is 0 Å². The number of carbonyl (C=O) groups excluding carboxylic acids is 1. The number of aryl methyl sites for hydroxylation is 1. The fourth-order valence-electron chi connectivity index (χ4n) is 2.88. The van der Waals surface area contributed by atoms with Gasteiger partial charge in [0.25, 0.3) is 0 Å². The van der Waals surface area contributed by atoms with Gasteiger partial charge in [0.2, 0.25) is 5.91 Å². The van der Waals surface area contributed by atoms with E-state index in [0.29, 0.717) is 12.8 Å². The number of benzene rings is 1. The molecule has 104 valence electrons. The third kappa shape index (κ3) is 3.35. The SMILES string of the molecule is Cc1ccccc1C1CCCN1C(=O)CCCCO. The van der Waals surface area contributed by atoms with Gasteiger partial charge in [-0.15, -0.1) is 0 Å². The molecular formula is C16H23NO2. The van der Waals surface area contributed by atoms with Crippen molar-refractivity contribution < 1.29 is 9.90 Å². The first-order chi connectivity index (χ1) is 9.24. The number of hydrogen-bond acceptors (Lipinski definition) is 2. The Balaban J connectivity index is 2.05. The maximum Gasteiger partial charge on any atom is 0.223 e. The lowest BCUT2D eigenvalue weighted by molar-refractivity contribution is -0.132. The van der Waals surface area contributed by atoms with Crippen molar-refractivity contribution in [2.24, 2.45) is 0 Å². The standard InChI is InChI=1S/C16H23NO2/c1-13-7-2-3-8-14(13)15-9-6-11-17(15)16(19)10-4-5-12-18/h2-3,7-8,15,18H,4-6,9-12H2,1H3. The topological polar surface area (TPSA) is 40.5 Å². The summed E-state index contributed by atoms with van der Waals surface area (Å²) in [7, 11) is 0. The van der Waals surface area contributed by atoms with Crippen molar-refractivity contribution in [2.45, 2.75) is 45.1 Å². The second-order valence-corrected chi connectivity index (χ2v) is 5.28. The van der Waals surface area contributed by atoms with Crippen molar-refractivity contribution in [2.75, 3.05) is 13.2 Å². The van der Waals surface area contributed by atoms with Crippen molar-refractivity contribution in [1.82, 2.24) is 4.90 Å². The molecule has 1 heterocycles. The van der Waals surface area contributed by atoms with Gasteiger partial charge in [-0.25, -0.2) is 0 Å². The van der Waals surface area contributed by atoms with E-state index in [1.807, 2.05) is 11.0 Å². The number of amides is 1. The number of carbonyl (C=O) groups is 1. The van der Waals surface area contributed by atoms with Crippen LogP contribution in [-0.4, -0.2) is 29.1 Å². The quantitative estimate of drug-likeness (QED) is 0.828. The Bertz CT molecular complexity index is 431. The highest BCUT2D eigenvalue weighted by Gasteiger charge is 2.29. The minimum Gasteiger partial charge on any atom is -0.396 e. The molecular weight excluding hydrogens is 238 g/mol. The first-order valence-corrected chi connectivity index (χ1v) is 7.20. The van der Waals surface area contributed by atoms with E-state index in [9.17, 15) is 4.79 Å². The molecule has 19 heavy (non-hydrogen) atoms. The molecule has 0 bridgehead atoms. The van der Waals surface area contributed by atoms with Gasteiger partial charge in [-0.2, -0.15) is 0 Å². The van der Waals surface area contributed by atoms with Crippen molar-refractivity contribution >= 4 is 5.91 Å². The highest BCUT2D eigenvalue weighted by molar-refractivity contribution is 5.77. The van der Waals surface area contributed by atoms with Crippen LogP contribution in [-0.2, 0) is 4.79 Å². The van der Waals surface area contributed by atoms with Gasteiger partial charge in [0, 0.05) is 19.6 Å². The normalized spacial score (nSPS) is 18.8. The Kier molecular flexibility index (Phi) is 4.97. The molecule has 0 saturated carbocycles. The summed E-state index contributed by atoms with van der Waals surface area (Å²) in [6.45, 7) is 3.16. The molecule has 1 atom stereocenters. The molecule has 1 fully saturated rings. The summed E-state index contributed by atoms with van der Waals surface area (Å²) in [5.41, 5.74) is 2.55. The van der Waals surface area contributed by atoms with Crippen LogP contribution in [0.5, 0.6) is 0 Å². The molecule has 0 spiro atoms. The Labute approximate surface area is 115 Å². The summed E-state index contributed by atoms with van der Waals surface area (Å²) in [5, 5.41) is 8.79. The molecule has 3 heteroatoms. The summed E-state index contributed by atoms with van der Waals surface area (Å²) in [6, 6.07) is 8.60. The van der Waals surface area contributed by atoms with Crippen LogP contribution in [0.15, 0.2) is 24.3 Å². The van der Waals surface area contributed by atoms with E-state index in [4.69, 9.17) is 5.11 Å². The van der Waals surface area contributed by atoms with Crippen LogP contribution >= 0.6 is 0 Å². The molecule has 3 nitrogen and oxygen atoms in total. The fourth-order valence-corrected chi connectivity index (χ4v) is 2.88. The third-order valence-corrected chi connectivity index (χ3v) is 3.92. The smallest absolute Gasteiger partial charge is 0.223 e. The molecule has 1 aliphatic heterocycles. The van der Waals surface area contributed by atoms with Crippen LogP contribution in [0.1, 0.15) is 49.3 Å². The fraction of sp³-hybridized carbons (Fsp3) is 0.562. The highest BCUT2D eigenvalue weighted by atomic mass is 16.3. The number of unbranched alkanes of at least 4 members (excludes halogenated alkanes) is 1. The predicted octanol–water partition coefficient (Wildman–Crippen LogP) is 2.82. The number of nitrogens with zero attached hydrogens (tertiary/aromatic N) is 1. The van der Waals surface area contributed by atoms with Gasteiger partial charge in [0.1, 0.15) is 0 Å². The van der Waals surface area contributed by atoms with E-state index in [0.717, 1.165) is 25.8 Å². The Morgan fingerprint density at radius 2 is 2.16 bits per heavy atom. The van der Waals surface area contributed by atoms with Gasteiger partial charge < -0.3 is 10.0 Å². The molecule has 0 radical (unpaired) electrons. The molecule has 0 aliphatic carbocycles. The van der Waals surface area contributed by atoms with Crippen LogP contribution in [0.25, 0.3) is 0 Å². The number of likely N-dealkylation sites (tertiary alicyclic amines) is 1. The minimum absolute atomic E-state index is 0.175. The van der Waals surface area contributed by atoms with Crippen molar-refractivity contribution in [3.63, 3.8) is 0 Å². The molecule has 1 N–H and O–H groups in total. The molecule has 1 saturated heterocycles. The predicted molar refractivity (Wildman–Crippen MR) is 75.8 cm³/mol. The number of hydrogen-bond donors (Lipinski definition) is 1. The second-order valence-electron chi connectivity index (χ2n) is 5.28. The van der Waals surface area contributed by atoms with Crippen LogP contribution in [0.4, 0.5) is 0 Å². The average molecular weight is 261 g/mol. The van der Waals surface area contributed by atoms with Crippen LogP contribution < -0.4 is 0 Å². The molecule has 1 unspecified atom stereocenters. The van der Waals surface area contributed by atoms with Gasteiger partial charge in [-0.1, -0.05) is 24.3 Å². The van der Waals surface area contributed by atoms with Gasteiger partial charge in [-0.3, -0.25) is 4.79 Å². The molecule has 2 rings (SSSR count). The summed E-state index contributed by atoms with van der Waals surface area (Å²) >= 11 is 0. The van der Waals surface area contributed by atoms with Gasteiger partial charge in [-0.05, 0) is 43.7 Å². The average Bonchev–Trinajstić information content (AvgIpc) is 2.88. The molecule has 1 aliphatic rings. The van der Waals surface area contributed by atoms with E-state index in [2.05, 4.69) is 25.1 Å². The van der Waals surface area contributed by atoms with Crippen molar-refractivity contribution in [3.05, 3.63) is 35.4 Å². The van der Waals surface area contributed by atoms with E-state index < -0.39 is 0 Å². The Morgan fingerprint density at radius 1 is 1.37 bits per heavy atom. The van der Waals surface area contributed by atoms with E-state index in [-0.39, 0.29) is 18.6 Å². The van der Waals surface area contributed by atoms with Crippen LogP contribution in [0.3, 0.4) is 0 Å². The molecule has 1 aromatic rings. The van der Waals surface area contributed by atoms with E-state index >= 15 is 0 Å². The molecule has 1 aromatic carbocycles. The lowest BCUT2D eigenvalue weighted by Gasteiger charge is -2.26. The maximum absolute atomic E-state index is 12.3. The third-order valence-electron chi connectivity index (χ3n) is 3.92. The summed E-state index contributed by atoms with van der Waals surface area (Å²) in [4.78, 5) is 14.3. The van der Waals surface area contributed by atoms with E-state index in [1.165, 1.54) is 11.1 Å². The zero-order valence-corrected chi connectivity index (χ0v) is 11.6. The molecule has 0 aromatic heterocycles. The zero-order valence-electron chi connectivity index (χ0n) is 11.6. The van der Waals surface area contributed by atoms with Crippen molar-refractivity contribution in [3.8, 4) is 0 Å². The summed E-state index contributed by atoms with van der Waals surface area (Å²) in [6.07, 6.45) is 4.21. The van der Waals surface area contributed by atoms with Gasteiger partial charge >= 0.3 is 0 Å². The Morgan fingerprint density at radius 3 is 2.89 bits per heavy atom. The largest absolute Gasteiger partial charge is 0.396 e. The number of aliphatic hydroxyl groups is 1. The summed E-state index contributed by atoms with van der Waals surface area (Å²) in [5.74, 6) is 0.235. The highest BCUT2D eigenvalue weighted by Crippen LogP contribution is 2.34. The lowest BCUT2D eigenvalue weighted by Crippen LogP contribution is -2.30. The number of aliphatic hydroxyl groups excluding tert-OH is 1. The van der Waals surface area contributed by atoms with E-state index in [1.54, 1.807) is 0 Å². The maximum atomic E-state index is 12.3. The van der Waals surface area contributed by atoms with Crippen LogP contribution in [0, 0.1) is 6.92 Å².